The zero-order chi connectivity index (χ0) is 15.5. The predicted octanol–water partition coefficient (Wildman–Crippen LogP) is 2.05. The Hall–Kier alpha value is -0.470. The molecule has 1 heterocycles. The van der Waals surface area contributed by atoms with E-state index in [2.05, 4.69) is 19.2 Å². The number of nitrogens with zero attached hydrogens (tertiary/aromatic N) is 1. The average Bonchev–Trinajstić information content (AvgIpc) is 3.13. The van der Waals surface area contributed by atoms with E-state index in [0.717, 1.165) is 17.7 Å². The molecule has 1 saturated carbocycles. The van der Waals surface area contributed by atoms with E-state index in [9.17, 15) is 8.42 Å². The van der Waals surface area contributed by atoms with Crippen molar-refractivity contribution in [3.8, 4) is 0 Å². The van der Waals surface area contributed by atoms with Crippen LogP contribution in [0.25, 0.3) is 0 Å². The van der Waals surface area contributed by atoms with Gasteiger partial charge in [-0.1, -0.05) is 13.8 Å². The van der Waals surface area contributed by atoms with Crippen molar-refractivity contribution in [1.82, 2.24) is 9.62 Å². The van der Waals surface area contributed by atoms with Gasteiger partial charge in [0.15, 0.2) is 0 Å². The molecule has 0 atom stereocenters. The molecule has 21 heavy (non-hydrogen) atoms. The molecule has 1 aliphatic carbocycles. The van der Waals surface area contributed by atoms with Crippen LogP contribution in [0.2, 0.25) is 0 Å². The Morgan fingerprint density at radius 3 is 2.76 bits per heavy atom. The van der Waals surface area contributed by atoms with E-state index < -0.39 is 10.0 Å². The zero-order valence-electron chi connectivity index (χ0n) is 12.8. The molecule has 1 fully saturated rings. The average molecular weight is 332 g/mol. The summed E-state index contributed by atoms with van der Waals surface area (Å²) in [6.07, 6.45) is 1.91. The Kier molecular flexibility index (Phi) is 5.79. The molecular formula is C14H24N2O3S2. The first kappa shape index (κ1) is 16.9. The minimum Gasteiger partial charge on any atom is -0.383 e. The molecule has 0 spiro atoms. The largest absolute Gasteiger partial charge is 0.383 e. The summed E-state index contributed by atoms with van der Waals surface area (Å²) < 4.78 is 32.1. The van der Waals surface area contributed by atoms with Crippen LogP contribution < -0.4 is 5.32 Å². The zero-order valence-corrected chi connectivity index (χ0v) is 14.5. The third-order valence-electron chi connectivity index (χ3n) is 3.39. The summed E-state index contributed by atoms with van der Waals surface area (Å²) in [4.78, 5) is 1.46. The second kappa shape index (κ2) is 7.19. The summed E-state index contributed by atoms with van der Waals surface area (Å²) in [6, 6.07) is 2.33. The van der Waals surface area contributed by atoms with Crippen molar-refractivity contribution < 1.29 is 13.2 Å². The van der Waals surface area contributed by atoms with E-state index in [1.54, 1.807) is 22.9 Å². The number of nitrogens with one attached hydrogen (secondary N) is 1. The molecule has 0 bridgehead atoms. The second-order valence-corrected chi connectivity index (χ2v) is 8.51. The second-order valence-electron chi connectivity index (χ2n) is 5.62. The molecule has 1 aliphatic rings. The van der Waals surface area contributed by atoms with Crippen molar-refractivity contribution in [3.05, 3.63) is 16.3 Å². The van der Waals surface area contributed by atoms with Crippen LogP contribution in [0, 0.1) is 0 Å². The van der Waals surface area contributed by atoms with Crippen LogP contribution >= 0.6 is 11.3 Å². The van der Waals surface area contributed by atoms with Crippen LogP contribution in [0.1, 0.15) is 31.6 Å². The van der Waals surface area contributed by atoms with Crippen molar-refractivity contribution in [1.29, 1.82) is 0 Å². The molecule has 1 N–H and O–H groups in total. The molecular weight excluding hydrogens is 308 g/mol. The fourth-order valence-electron chi connectivity index (χ4n) is 2.07. The summed E-state index contributed by atoms with van der Waals surface area (Å²) in [7, 11) is -1.80. The van der Waals surface area contributed by atoms with E-state index in [1.165, 1.54) is 11.3 Å². The molecule has 0 aromatic carbocycles. The smallest absolute Gasteiger partial charge is 0.244 e. The Balaban J connectivity index is 2.10. The number of sulfonamides is 1. The number of methoxy groups -OCH3 is 1. The molecule has 2 rings (SSSR count). The van der Waals surface area contributed by atoms with Crippen LogP contribution in [-0.2, 0) is 21.3 Å². The van der Waals surface area contributed by atoms with E-state index in [4.69, 9.17) is 4.74 Å². The molecule has 1 aromatic rings. The predicted molar refractivity (Wildman–Crippen MR) is 85.1 cm³/mol. The Bertz CT molecular complexity index is 550. The lowest BCUT2D eigenvalue weighted by Crippen LogP contribution is -2.35. The van der Waals surface area contributed by atoms with Crippen LogP contribution in [0.5, 0.6) is 0 Å². The van der Waals surface area contributed by atoms with Crippen LogP contribution in [-0.4, -0.2) is 45.1 Å². The molecule has 5 nitrogen and oxygen atoms in total. The first-order chi connectivity index (χ1) is 9.95. The van der Waals surface area contributed by atoms with Gasteiger partial charge in [-0.15, -0.1) is 11.3 Å². The molecule has 0 unspecified atom stereocenters. The summed E-state index contributed by atoms with van der Waals surface area (Å²) >= 11 is 1.49. The lowest BCUT2D eigenvalue weighted by molar-refractivity contribution is 0.177. The number of hydrogen-bond donors (Lipinski definition) is 1. The van der Waals surface area contributed by atoms with Gasteiger partial charge in [0.1, 0.15) is 0 Å². The van der Waals surface area contributed by atoms with E-state index >= 15 is 0 Å². The monoisotopic (exact) mass is 332 g/mol. The fraction of sp³-hybridized carbons (Fsp3) is 0.714. The highest BCUT2D eigenvalue weighted by Crippen LogP contribution is 2.33. The lowest BCUT2D eigenvalue weighted by Gasteiger charge is -2.20. The van der Waals surface area contributed by atoms with Crippen molar-refractivity contribution >= 4 is 21.4 Å². The summed E-state index contributed by atoms with van der Waals surface area (Å²) in [5, 5.41) is 5.05. The Morgan fingerprint density at radius 2 is 2.19 bits per heavy atom. The topological polar surface area (TPSA) is 58.6 Å². The van der Waals surface area contributed by atoms with Gasteiger partial charge >= 0.3 is 0 Å². The minimum atomic E-state index is -3.39. The summed E-state index contributed by atoms with van der Waals surface area (Å²) in [5.41, 5.74) is 0. The van der Waals surface area contributed by atoms with Crippen LogP contribution in [0.15, 0.2) is 16.3 Å². The molecule has 0 radical (unpaired) electrons. The third kappa shape index (κ3) is 4.50. The van der Waals surface area contributed by atoms with Gasteiger partial charge < -0.3 is 10.1 Å². The third-order valence-corrected chi connectivity index (χ3v) is 6.41. The number of thiophene rings is 1. The Labute approximate surface area is 131 Å². The quantitative estimate of drug-likeness (QED) is 0.752. The van der Waals surface area contributed by atoms with E-state index in [0.29, 0.717) is 30.6 Å². The lowest BCUT2D eigenvalue weighted by atomic mass is 10.4. The van der Waals surface area contributed by atoms with Crippen molar-refractivity contribution in [3.63, 3.8) is 0 Å². The van der Waals surface area contributed by atoms with Gasteiger partial charge in [-0.05, 0) is 18.9 Å². The Morgan fingerprint density at radius 1 is 1.48 bits per heavy atom. The van der Waals surface area contributed by atoms with Crippen molar-refractivity contribution in [2.45, 2.75) is 50.2 Å². The summed E-state index contributed by atoms with van der Waals surface area (Å²) in [6.45, 7) is 5.72. The van der Waals surface area contributed by atoms with Gasteiger partial charge in [0.25, 0.3) is 0 Å². The number of hydrogen-bond acceptors (Lipinski definition) is 5. The maximum Gasteiger partial charge on any atom is 0.244 e. The normalized spacial score (nSPS) is 16.0. The standard InChI is InChI=1S/C14H24N2O3S2/c1-11(2)15-9-13-8-14(10-20-13)21(17,18)16(6-7-19-3)12-4-5-12/h8,10-12,15H,4-7,9H2,1-3H3. The summed E-state index contributed by atoms with van der Waals surface area (Å²) in [5.74, 6) is 0. The van der Waals surface area contributed by atoms with Crippen LogP contribution in [0.4, 0.5) is 0 Å². The van der Waals surface area contributed by atoms with Gasteiger partial charge in [0.05, 0.1) is 11.5 Å². The maximum absolute atomic E-state index is 12.7. The SMILES string of the molecule is COCCN(C1CC1)S(=O)(=O)c1csc(CNC(C)C)c1. The fourth-order valence-corrected chi connectivity index (χ4v) is 4.95. The molecule has 0 amide bonds. The highest BCUT2D eigenvalue weighted by molar-refractivity contribution is 7.89. The minimum absolute atomic E-state index is 0.155. The molecule has 7 heteroatoms. The van der Waals surface area contributed by atoms with Gasteiger partial charge in [-0.2, -0.15) is 4.31 Å². The number of rotatable bonds is 9. The molecule has 0 saturated heterocycles. The van der Waals surface area contributed by atoms with Crippen molar-refractivity contribution in [2.75, 3.05) is 20.3 Å². The van der Waals surface area contributed by atoms with E-state index in [-0.39, 0.29) is 6.04 Å². The number of ether oxygens (including phenoxy) is 1. The highest BCUT2D eigenvalue weighted by Gasteiger charge is 2.38. The van der Waals surface area contributed by atoms with Crippen molar-refractivity contribution in [2.24, 2.45) is 0 Å². The van der Waals surface area contributed by atoms with Gasteiger partial charge in [0.2, 0.25) is 10.0 Å². The van der Waals surface area contributed by atoms with Gasteiger partial charge in [-0.25, -0.2) is 8.42 Å². The maximum atomic E-state index is 12.7. The first-order valence-electron chi connectivity index (χ1n) is 7.26. The first-order valence-corrected chi connectivity index (χ1v) is 9.58. The van der Waals surface area contributed by atoms with E-state index in [1.807, 2.05) is 0 Å². The molecule has 120 valence electrons. The van der Waals surface area contributed by atoms with Gasteiger partial charge in [-0.3, -0.25) is 0 Å². The molecule has 0 aliphatic heterocycles. The molecule has 1 aromatic heterocycles. The highest BCUT2D eigenvalue weighted by atomic mass is 32.2. The van der Waals surface area contributed by atoms with Crippen LogP contribution in [0.3, 0.4) is 0 Å². The van der Waals surface area contributed by atoms with Gasteiger partial charge in [0, 0.05) is 42.5 Å².